The van der Waals surface area contributed by atoms with Gasteiger partial charge in [-0.15, -0.1) is 0 Å². The lowest BCUT2D eigenvalue weighted by Gasteiger charge is -2.17. The Labute approximate surface area is 130 Å². The van der Waals surface area contributed by atoms with Crippen molar-refractivity contribution >= 4 is 23.4 Å². The van der Waals surface area contributed by atoms with Crippen LogP contribution >= 0.6 is 0 Å². The molecule has 0 bridgehead atoms. The first-order chi connectivity index (χ1) is 11.0. The number of hydrogen-bond donors (Lipinski definition) is 1. The van der Waals surface area contributed by atoms with Crippen LogP contribution in [-0.2, 0) is 4.79 Å². The van der Waals surface area contributed by atoms with E-state index in [1.165, 1.54) is 6.07 Å². The number of benzene rings is 2. The Morgan fingerprint density at radius 1 is 1.26 bits per heavy atom. The summed E-state index contributed by atoms with van der Waals surface area (Å²) < 4.78 is 18.8. The van der Waals surface area contributed by atoms with Gasteiger partial charge < -0.3 is 10.1 Å². The molecule has 6 nitrogen and oxygen atoms in total. The number of hydrogen-bond acceptors (Lipinski definition) is 4. The van der Waals surface area contributed by atoms with Crippen LogP contribution < -0.4 is 10.1 Å². The molecule has 0 aromatic heterocycles. The lowest BCUT2D eigenvalue weighted by atomic mass is 10.1. The fraction of sp³-hybridized carbons (Fsp3) is 0.0625. The van der Waals surface area contributed by atoms with Gasteiger partial charge in [0.15, 0.2) is 0 Å². The number of amides is 1. The number of fused-ring (bicyclic) bond motifs is 1. The molecule has 0 atom stereocenters. The van der Waals surface area contributed by atoms with E-state index in [1.54, 1.807) is 12.1 Å². The number of nitrogens with zero attached hydrogens (tertiary/aromatic N) is 1. The van der Waals surface area contributed by atoms with E-state index in [0.717, 1.165) is 17.7 Å². The van der Waals surface area contributed by atoms with Crippen LogP contribution in [0.15, 0.2) is 48.0 Å². The number of carbonyl (C=O) groups is 1. The van der Waals surface area contributed by atoms with Crippen LogP contribution in [0.4, 0.5) is 15.8 Å². The van der Waals surface area contributed by atoms with Crippen molar-refractivity contribution in [1.29, 1.82) is 0 Å². The average molecular weight is 314 g/mol. The Kier molecular flexibility index (Phi) is 3.76. The van der Waals surface area contributed by atoms with Crippen molar-refractivity contribution in [2.24, 2.45) is 0 Å². The molecule has 1 amide bonds. The number of nitrogens with one attached hydrogen (secondary N) is 1. The van der Waals surface area contributed by atoms with Gasteiger partial charge in [-0.1, -0.05) is 18.2 Å². The molecule has 1 heterocycles. The third-order valence-electron chi connectivity index (χ3n) is 3.32. The molecule has 3 rings (SSSR count). The highest BCUT2D eigenvalue weighted by Crippen LogP contribution is 2.27. The van der Waals surface area contributed by atoms with Crippen LogP contribution in [0.3, 0.4) is 0 Å². The van der Waals surface area contributed by atoms with Crippen LogP contribution in [0.5, 0.6) is 5.75 Å². The molecule has 2 aromatic rings. The summed E-state index contributed by atoms with van der Waals surface area (Å²) in [4.78, 5) is 22.1. The summed E-state index contributed by atoms with van der Waals surface area (Å²) in [5, 5.41) is 13.2. The van der Waals surface area contributed by atoms with Gasteiger partial charge in [0.05, 0.1) is 10.5 Å². The minimum absolute atomic E-state index is 0.0894. The van der Waals surface area contributed by atoms with Gasteiger partial charge in [0, 0.05) is 17.3 Å². The Hall–Kier alpha value is -3.22. The molecule has 0 spiro atoms. The number of carbonyl (C=O) groups excluding carboxylic acids is 1. The fourth-order valence-electron chi connectivity index (χ4n) is 2.19. The van der Waals surface area contributed by atoms with Crippen molar-refractivity contribution in [1.82, 2.24) is 0 Å². The molecular formula is C16H11FN2O4. The predicted octanol–water partition coefficient (Wildman–Crippen LogP) is 3.15. The second kappa shape index (κ2) is 5.88. The van der Waals surface area contributed by atoms with Crippen molar-refractivity contribution in [3.8, 4) is 5.75 Å². The normalized spacial score (nSPS) is 12.7. The molecule has 116 valence electrons. The van der Waals surface area contributed by atoms with Crippen molar-refractivity contribution in [3.63, 3.8) is 0 Å². The summed E-state index contributed by atoms with van der Waals surface area (Å²) in [6.45, 7) is 0.0894. The van der Waals surface area contributed by atoms with E-state index in [0.29, 0.717) is 11.3 Å². The zero-order chi connectivity index (χ0) is 16.4. The first-order valence-corrected chi connectivity index (χ1v) is 6.72. The Bertz CT molecular complexity index is 833. The average Bonchev–Trinajstić information content (AvgIpc) is 2.55. The number of para-hydroxylation sites is 1. The lowest BCUT2D eigenvalue weighted by Crippen LogP contribution is -2.21. The van der Waals surface area contributed by atoms with E-state index in [4.69, 9.17) is 4.74 Å². The molecule has 2 aromatic carbocycles. The molecular weight excluding hydrogens is 303 g/mol. The molecule has 1 N–H and O–H groups in total. The van der Waals surface area contributed by atoms with Crippen molar-refractivity contribution < 1.29 is 18.8 Å². The third-order valence-corrected chi connectivity index (χ3v) is 3.32. The van der Waals surface area contributed by atoms with E-state index in [-0.39, 0.29) is 12.3 Å². The van der Waals surface area contributed by atoms with E-state index in [1.807, 2.05) is 18.2 Å². The van der Waals surface area contributed by atoms with Crippen molar-refractivity contribution in [2.75, 3.05) is 11.9 Å². The summed E-state index contributed by atoms with van der Waals surface area (Å²) in [6.07, 6.45) is 1.69. The number of nitro benzene ring substituents is 1. The molecule has 1 aliphatic rings. The largest absolute Gasteiger partial charge is 0.488 e. The quantitative estimate of drug-likeness (QED) is 0.697. The van der Waals surface area contributed by atoms with Crippen molar-refractivity contribution in [2.45, 2.75) is 0 Å². The molecule has 23 heavy (non-hydrogen) atoms. The summed E-state index contributed by atoms with van der Waals surface area (Å²) in [6, 6.07) is 10.4. The first-order valence-electron chi connectivity index (χ1n) is 6.72. The highest BCUT2D eigenvalue weighted by Gasteiger charge is 2.19. The number of halogens is 1. The Morgan fingerprint density at radius 3 is 2.83 bits per heavy atom. The molecule has 0 radical (unpaired) electrons. The number of rotatable bonds is 3. The van der Waals surface area contributed by atoms with E-state index in [2.05, 4.69) is 5.32 Å². The molecule has 0 aliphatic carbocycles. The van der Waals surface area contributed by atoms with Gasteiger partial charge in [-0.3, -0.25) is 14.9 Å². The van der Waals surface area contributed by atoms with E-state index in [9.17, 15) is 19.3 Å². The maximum absolute atomic E-state index is 13.3. The fourth-order valence-corrected chi connectivity index (χ4v) is 2.19. The van der Waals surface area contributed by atoms with Gasteiger partial charge in [0.2, 0.25) is 5.82 Å². The van der Waals surface area contributed by atoms with Crippen LogP contribution in [-0.4, -0.2) is 17.4 Å². The van der Waals surface area contributed by atoms with E-state index < -0.39 is 22.3 Å². The van der Waals surface area contributed by atoms with Gasteiger partial charge in [-0.25, -0.2) is 0 Å². The summed E-state index contributed by atoms with van der Waals surface area (Å²) in [5.41, 5.74) is 0.592. The SMILES string of the molecule is O=C(Nc1ccc(F)c([N+](=O)[O-])c1)C1=Cc2ccccc2OC1. The lowest BCUT2D eigenvalue weighted by molar-refractivity contribution is -0.387. The van der Waals surface area contributed by atoms with Gasteiger partial charge in [-0.05, 0) is 24.3 Å². The highest BCUT2D eigenvalue weighted by molar-refractivity contribution is 6.07. The van der Waals surface area contributed by atoms with E-state index >= 15 is 0 Å². The van der Waals surface area contributed by atoms with Gasteiger partial charge in [0.1, 0.15) is 12.4 Å². The summed E-state index contributed by atoms with van der Waals surface area (Å²) in [7, 11) is 0. The topological polar surface area (TPSA) is 81.5 Å². The molecule has 7 heteroatoms. The van der Waals surface area contributed by atoms with Crippen LogP contribution in [0.1, 0.15) is 5.56 Å². The monoisotopic (exact) mass is 314 g/mol. The second-order valence-electron chi connectivity index (χ2n) is 4.87. The maximum Gasteiger partial charge on any atom is 0.306 e. The zero-order valence-electron chi connectivity index (χ0n) is 11.8. The van der Waals surface area contributed by atoms with Gasteiger partial charge in [0.25, 0.3) is 5.91 Å². The van der Waals surface area contributed by atoms with Gasteiger partial charge >= 0.3 is 5.69 Å². The smallest absolute Gasteiger partial charge is 0.306 e. The maximum atomic E-state index is 13.3. The van der Waals surface area contributed by atoms with Crippen LogP contribution in [0.2, 0.25) is 0 Å². The number of anilines is 1. The molecule has 1 aliphatic heterocycles. The minimum Gasteiger partial charge on any atom is -0.488 e. The van der Waals surface area contributed by atoms with Crippen molar-refractivity contribution in [3.05, 3.63) is 69.5 Å². The molecule has 0 fully saturated rings. The number of nitro groups is 1. The van der Waals surface area contributed by atoms with Gasteiger partial charge in [-0.2, -0.15) is 4.39 Å². The first kappa shape index (κ1) is 14.7. The number of ether oxygens (including phenoxy) is 1. The summed E-state index contributed by atoms with van der Waals surface area (Å²) >= 11 is 0. The standard InChI is InChI=1S/C16H11FN2O4/c17-13-6-5-12(8-14(13)19(21)22)18-16(20)11-7-10-3-1-2-4-15(10)23-9-11/h1-8H,9H2,(H,18,20). The Balaban J connectivity index is 1.82. The molecule has 0 saturated carbocycles. The molecule has 0 unspecified atom stereocenters. The highest BCUT2D eigenvalue weighted by atomic mass is 19.1. The second-order valence-corrected chi connectivity index (χ2v) is 4.87. The minimum atomic E-state index is -0.956. The van der Waals surface area contributed by atoms with Crippen LogP contribution in [0.25, 0.3) is 6.08 Å². The zero-order valence-corrected chi connectivity index (χ0v) is 11.8. The third kappa shape index (κ3) is 3.03. The predicted molar refractivity (Wildman–Crippen MR) is 81.6 cm³/mol. The molecule has 0 saturated heterocycles. The summed E-state index contributed by atoms with van der Waals surface area (Å²) in [5.74, 6) is -0.732. The Morgan fingerprint density at radius 2 is 2.04 bits per heavy atom. The van der Waals surface area contributed by atoms with Crippen LogP contribution in [0, 0.1) is 15.9 Å².